The number of hydrogen-bond acceptors (Lipinski definition) is 3. The Bertz CT molecular complexity index is 1470. The third kappa shape index (κ3) is 5.04. The van der Waals surface area contributed by atoms with E-state index in [9.17, 15) is 9.59 Å². The average molecular weight is 470 g/mol. The fourth-order valence-electron chi connectivity index (χ4n) is 4.09. The quantitative estimate of drug-likeness (QED) is 0.245. The van der Waals surface area contributed by atoms with Crippen LogP contribution in [-0.2, 0) is 4.79 Å². The molecule has 0 aliphatic rings. The number of rotatable bonds is 7. The first-order valence-corrected chi connectivity index (χ1v) is 11.1. The number of carbonyl (C=O) groups excluding carboxylic acids is 1. The zero-order valence-corrected chi connectivity index (χ0v) is 19.3. The minimum atomic E-state index is -1.02. The second-order valence-electron chi connectivity index (χ2n) is 7.95. The van der Waals surface area contributed by atoms with Crippen LogP contribution in [0.3, 0.4) is 0 Å². The zero-order valence-electron chi connectivity index (χ0n) is 19.3. The molecule has 7 heteroatoms. The number of aromatic nitrogens is 2. The molecule has 1 aromatic heterocycles. The van der Waals surface area contributed by atoms with E-state index < -0.39 is 11.8 Å². The third-order valence-electron chi connectivity index (χ3n) is 5.79. The Kier molecular flexibility index (Phi) is 6.87. The van der Waals surface area contributed by atoms with E-state index in [1.807, 2.05) is 49.4 Å². The Morgan fingerprint density at radius 2 is 1.74 bits per heavy atom. The lowest BCUT2D eigenvalue weighted by molar-refractivity contribution is -0.131. The van der Waals surface area contributed by atoms with E-state index >= 15 is 4.39 Å². The highest BCUT2D eigenvalue weighted by Gasteiger charge is 2.18. The number of allylic oxidation sites excluding steroid dienone is 1. The summed E-state index contributed by atoms with van der Waals surface area (Å²) >= 11 is 0. The largest absolute Gasteiger partial charge is 0.478 e. The molecule has 3 N–H and O–H groups in total. The first-order valence-electron chi connectivity index (χ1n) is 11.1. The van der Waals surface area contributed by atoms with Gasteiger partial charge >= 0.3 is 5.97 Å². The summed E-state index contributed by atoms with van der Waals surface area (Å²) in [5.74, 6) is -1.86. The number of benzene rings is 3. The van der Waals surface area contributed by atoms with Gasteiger partial charge in [0, 0.05) is 29.6 Å². The number of H-pyrrole nitrogens is 1. The number of aromatic amines is 1. The number of nitrogens with zero attached hydrogens (tertiary/aromatic N) is 1. The van der Waals surface area contributed by atoms with E-state index in [0.717, 1.165) is 44.8 Å². The summed E-state index contributed by atoms with van der Waals surface area (Å²) in [6.45, 7) is 1.96. The van der Waals surface area contributed by atoms with E-state index in [4.69, 9.17) is 5.11 Å². The number of carbonyl (C=O) groups is 2. The number of carboxylic acids is 1. The molecule has 0 saturated heterocycles. The summed E-state index contributed by atoms with van der Waals surface area (Å²) in [5.41, 5.74) is 5.66. The van der Waals surface area contributed by atoms with Crippen molar-refractivity contribution in [3.63, 3.8) is 0 Å². The maximum Gasteiger partial charge on any atom is 0.328 e. The van der Waals surface area contributed by atoms with Gasteiger partial charge in [0.15, 0.2) is 0 Å². The molecule has 4 aromatic rings. The monoisotopic (exact) mass is 469 g/mol. The number of carboxylic acid groups (broad SMARTS) is 1. The van der Waals surface area contributed by atoms with Gasteiger partial charge in [0.05, 0.1) is 11.7 Å². The standard InChI is InChI=1S/C28H24FN3O3/c1-3-22(23-11-9-20(15-24(23)29)28(35)30-2)27(19-10-12-25-21(14-19)16-31-32-25)18-7-4-17(5-8-18)6-13-26(33)34/h4-16H,3H2,1-2H3,(H,30,35)(H,31,32)(H,33,34). The van der Waals surface area contributed by atoms with Gasteiger partial charge in [-0.05, 0) is 64.6 Å². The van der Waals surface area contributed by atoms with Crippen molar-refractivity contribution in [1.29, 1.82) is 0 Å². The predicted octanol–water partition coefficient (Wildman–Crippen LogP) is 5.53. The molecule has 0 aliphatic carbocycles. The predicted molar refractivity (Wildman–Crippen MR) is 135 cm³/mol. The number of halogens is 1. The normalized spacial score (nSPS) is 12.1. The van der Waals surface area contributed by atoms with Crippen LogP contribution in [0.5, 0.6) is 0 Å². The summed E-state index contributed by atoms with van der Waals surface area (Å²) in [7, 11) is 1.50. The minimum absolute atomic E-state index is 0.250. The van der Waals surface area contributed by atoms with E-state index in [1.54, 1.807) is 18.3 Å². The SMILES string of the molecule is CCC(=C(c1ccc(C=CC(=O)O)cc1)c1ccc2[nH]ncc2c1)c1ccc(C(=O)NC)cc1F. The van der Waals surface area contributed by atoms with Crippen LogP contribution < -0.4 is 5.32 Å². The van der Waals surface area contributed by atoms with Gasteiger partial charge in [0.1, 0.15) is 5.82 Å². The summed E-state index contributed by atoms with van der Waals surface area (Å²) in [5, 5.41) is 19.4. The van der Waals surface area contributed by atoms with Gasteiger partial charge < -0.3 is 10.4 Å². The molecule has 0 aliphatic heterocycles. The fraction of sp³-hybridized carbons (Fsp3) is 0.107. The molecule has 4 rings (SSSR count). The molecule has 176 valence electrons. The molecule has 1 heterocycles. The molecule has 0 atom stereocenters. The molecule has 0 fully saturated rings. The summed E-state index contributed by atoms with van der Waals surface area (Å²) in [6, 6.07) is 17.8. The van der Waals surface area contributed by atoms with E-state index in [2.05, 4.69) is 15.5 Å². The number of amides is 1. The van der Waals surface area contributed by atoms with Crippen molar-refractivity contribution < 1.29 is 19.1 Å². The number of fused-ring (bicyclic) bond motifs is 1. The topological polar surface area (TPSA) is 95.1 Å². The Balaban J connectivity index is 1.92. The van der Waals surface area contributed by atoms with Crippen LogP contribution in [0, 0.1) is 5.82 Å². The molecule has 3 aromatic carbocycles. The van der Waals surface area contributed by atoms with Crippen molar-refractivity contribution in [3.8, 4) is 0 Å². The molecule has 0 unspecified atom stereocenters. The molecule has 6 nitrogen and oxygen atoms in total. The van der Waals surface area contributed by atoms with Gasteiger partial charge in [-0.1, -0.05) is 43.3 Å². The molecular weight excluding hydrogens is 445 g/mol. The Morgan fingerprint density at radius 3 is 2.40 bits per heavy atom. The molecule has 35 heavy (non-hydrogen) atoms. The van der Waals surface area contributed by atoms with Crippen molar-refractivity contribution in [3.05, 3.63) is 107 Å². The molecule has 1 amide bonds. The Morgan fingerprint density at radius 1 is 1.03 bits per heavy atom. The van der Waals surface area contributed by atoms with Crippen LogP contribution in [0.15, 0.2) is 72.9 Å². The molecular formula is C28H24FN3O3. The van der Waals surface area contributed by atoms with Gasteiger partial charge in [0.25, 0.3) is 5.91 Å². The smallest absolute Gasteiger partial charge is 0.328 e. The highest BCUT2D eigenvalue weighted by atomic mass is 19.1. The lowest BCUT2D eigenvalue weighted by Gasteiger charge is -2.17. The van der Waals surface area contributed by atoms with E-state index in [1.165, 1.54) is 19.2 Å². The number of aliphatic carboxylic acids is 1. The van der Waals surface area contributed by atoms with Gasteiger partial charge in [-0.3, -0.25) is 9.89 Å². The molecule has 0 bridgehead atoms. The summed E-state index contributed by atoms with van der Waals surface area (Å²) < 4.78 is 15.3. The van der Waals surface area contributed by atoms with Crippen LogP contribution in [0.25, 0.3) is 28.1 Å². The Hall–Kier alpha value is -4.52. The second kappa shape index (κ2) is 10.2. The van der Waals surface area contributed by atoms with Gasteiger partial charge in [-0.2, -0.15) is 5.10 Å². The maximum atomic E-state index is 15.3. The van der Waals surface area contributed by atoms with Crippen molar-refractivity contribution in [2.24, 2.45) is 0 Å². The third-order valence-corrected chi connectivity index (χ3v) is 5.79. The molecule has 0 spiro atoms. The van der Waals surface area contributed by atoms with Gasteiger partial charge in [-0.15, -0.1) is 0 Å². The second-order valence-corrected chi connectivity index (χ2v) is 7.95. The van der Waals surface area contributed by atoms with Crippen LogP contribution in [-0.4, -0.2) is 34.2 Å². The maximum absolute atomic E-state index is 15.3. The van der Waals surface area contributed by atoms with Crippen molar-refractivity contribution in [2.45, 2.75) is 13.3 Å². The van der Waals surface area contributed by atoms with Crippen LogP contribution in [0.2, 0.25) is 0 Å². The highest BCUT2D eigenvalue weighted by Crippen LogP contribution is 2.36. The van der Waals surface area contributed by atoms with E-state index in [-0.39, 0.29) is 11.5 Å². The first kappa shape index (κ1) is 23.6. The Labute approximate surface area is 201 Å². The lowest BCUT2D eigenvalue weighted by Crippen LogP contribution is -2.18. The van der Waals surface area contributed by atoms with Crippen molar-refractivity contribution in [2.75, 3.05) is 7.05 Å². The molecule has 0 radical (unpaired) electrons. The van der Waals surface area contributed by atoms with Gasteiger partial charge in [-0.25, -0.2) is 9.18 Å². The van der Waals surface area contributed by atoms with Crippen LogP contribution >= 0.6 is 0 Å². The highest BCUT2D eigenvalue weighted by molar-refractivity contribution is 6.01. The first-order chi connectivity index (χ1) is 16.9. The van der Waals surface area contributed by atoms with E-state index in [0.29, 0.717) is 12.0 Å². The summed E-state index contributed by atoms with van der Waals surface area (Å²) in [6.07, 6.45) is 4.88. The van der Waals surface area contributed by atoms with Crippen molar-refractivity contribution in [1.82, 2.24) is 15.5 Å². The summed E-state index contributed by atoms with van der Waals surface area (Å²) in [4.78, 5) is 22.8. The average Bonchev–Trinajstić information content (AvgIpc) is 3.34. The van der Waals surface area contributed by atoms with Crippen molar-refractivity contribution >= 4 is 40.0 Å². The molecule has 0 saturated carbocycles. The number of hydrogen-bond donors (Lipinski definition) is 3. The minimum Gasteiger partial charge on any atom is -0.478 e. The van der Waals surface area contributed by atoms with Gasteiger partial charge in [0.2, 0.25) is 0 Å². The zero-order chi connectivity index (χ0) is 24.9. The van der Waals surface area contributed by atoms with Crippen LogP contribution in [0.4, 0.5) is 4.39 Å². The number of nitrogens with one attached hydrogen (secondary N) is 2. The van der Waals surface area contributed by atoms with Crippen LogP contribution in [0.1, 0.15) is 46.0 Å². The fourth-order valence-corrected chi connectivity index (χ4v) is 4.09. The lowest BCUT2D eigenvalue weighted by atomic mass is 9.87.